The molecule has 0 saturated carbocycles. The first-order valence-electron chi connectivity index (χ1n) is 7.54. The molecule has 1 saturated heterocycles. The van der Waals surface area contributed by atoms with E-state index in [4.69, 9.17) is 5.11 Å². The molecule has 0 bridgehead atoms. The topological polar surface area (TPSA) is 81.7 Å². The van der Waals surface area contributed by atoms with E-state index in [9.17, 15) is 9.59 Å². The van der Waals surface area contributed by atoms with Gasteiger partial charge in [-0.3, -0.25) is 0 Å². The van der Waals surface area contributed by atoms with Crippen LogP contribution in [0.25, 0.3) is 0 Å². The van der Waals surface area contributed by atoms with Crippen molar-refractivity contribution < 1.29 is 14.7 Å². The Morgan fingerprint density at radius 2 is 1.90 bits per heavy atom. The number of nitrogens with zero attached hydrogens (tertiary/aromatic N) is 1. The van der Waals surface area contributed by atoms with Crippen molar-refractivity contribution in [2.75, 3.05) is 31.6 Å². The summed E-state index contributed by atoms with van der Waals surface area (Å²) in [7, 11) is 0. The van der Waals surface area contributed by atoms with Crippen LogP contribution in [0.1, 0.15) is 32.6 Å². The lowest BCUT2D eigenvalue weighted by Gasteiger charge is -2.29. The van der Waals surface area contributed by atoms with Crippen molar-refractivity contribution in [2.24, 2.45) is 0 Å². The predicted molar refractivity (Wildman–Crippen MR) is 85.8 cm³/mol. The van der Waals surface area contributed by atoms with Gasteiger partial charge in [-0.15, -0.1) is 0 Å². The molecule has 2 atom stereocenters. The number of carboxylic acid groups (broad SMARTS) is 1. The third-order valence-corrected chi connectivity index (χ3v) is 4.22. The molecule has 0 spiro atoms. The van der Waals surface area contributed by atoms with Gasteiger partial charge in [-0.25, -0.2) is 9.59 Å². The van der Waals surface area contributed by atoms with Crippen LogP contribution in [-0.2, 0) is 4.79 Å². The molecule has 7 heteroatoms. The molecule has 21 heavy (non-hydrogen) atoms. The number of rotatable bonds is 8. The summed E-state index contributed by atoms with van der Waals surface area (Å²) in [4.78, 5) is 25.3. The summed E-state index contributed by atoms with van der Waals surface area (Å²) >= 11 is 1.57. The number of amides is 2. The molecule has 1 aliphatic rings. The molecule has 6 nitrogen and oxygen atoms in total. The summed E-state index contributed by atoms with van der Waals surface area (Å²) in [5.74, 6) is -0.275. The average Bonchev–Trinajstić information content (AvgIpc) is 2.44. The minimum absolute atomic E-state index is 0.0121. The van der Waals surface area contributed by atoms with E-state index >= 15 is 0 Å². The summed E-state index contributed by atoms with van der Waals surface area (Å²) < 4.78 is 0. The molecule has 0 aromatic rings. The second kappa shape index (κ2) is 9.89. The molecule has 2 amide bonds. The Kier molecular flexibility index (Phi) is 8.52. The minimum atomic E-state index is -0.983. The fraction of sp³-hybridized carbons (Fsp3) is 0.857. The largest absolute Gasteiger partial charge is 0.480 e. The van der Waals surface area contributed by atoms with E-state index in [0.717, 1.165) is 19.6 Å². The predicted octanol–water partition coefficient (Wildman–Crippen LogP) is 1.37. The Balaban J connectivity index is 2.31. The van der Waals surface area contributed by atoms with E-state index in [2.05, 4.69) is 15.5 Å². The highest BCUT2D eigenvalue weighted by molar-refractivity contribution is 7.98. The van der Waals surface area contributed by atoms with Crippen molar-refractivity contribution in [1.82, 2.24) is 15.5 Å². The van der Waals surface area contributed by atoms with Gasteiger partial charge >= 0.3 is 12.0 Å². The van der Waals surface area contributed by atoms with Crippen molar-refractivity contribution in [3.8, 4) is 0 Å². The molecule has 122 valence electrons. The zero-order valence-corrected chi connectivity index (χ0v) is 13.7. The van der Waals surface area contributed by atoms with Crippen molar-refractivity contribution >= 4 is 23.8 Å². The number of urea groups is 1. The Hall–Kier alpha value is -0.950. The lowest BCUT2D eigenvalue weighted by Crippen LogP contribution is -2.51. The molecule has 0 aromatic heterocycles. The van der Waals surface area contributed by atoms with Crippen LogP contribution in [-0.4, -0.2) is 65.7 Å². The number of hydrogen-bond donors (Lipinski definition) is 3. The number of carboxylic acids is 1. The molecule has 1 unspecified atom stereocenters. The van der Waals surface area contributed by atoms with Gasteiger partial charge in [0.15, 0.2) is 0 Å². The SMILES string of the molecule is CSCC[C@@H](NC(=O)NC(C)CN1CCCCC1)C(=O)O. The van der Waals surface area contributed by atoms with Crippen molar-refractivity contribution in [3.63, 3.8) is 0 Å². The van der Waals surface area contributed by atoms with Gasteiger partial charge in [0.05, 0.1) is 0 Å². The Morgan fingerprint density at radius 3 is 2.48 bits per heavy atom. The van der Waals surface area contributed by atoms with Gasteiger partial charge in [0.25, 0.3) is 0 Å². The second-order valence-electron chi connectivity index (χ2n) is 5.55. The molecule has 0 aromatic carbocycles. The van der Waals surface area contributed by atoms with E-state index in [0.29, 0.717) is 12.2 Å². The summed E-state index contributed by atoms with van der Waals surface area (Å²) in [6.07, 6.45) is 6.07. The maximum absolute atomic E-state index is 11.9. The number of thioether (sulfide) groups is 1. The first kappa shape index (κ1) is 18.1. The van der Waals surface area contributed by atoms with Crippen LogP contribution in [0.3, 0.4) is 0 Å². The van der Waals surface area contributed by atoms with Crippen LogP contribution in [0, 0.1) is 0 Å². The first-order valence-corrected chi connectivity index (χ1v) is 8.93. The third kappa shape index (κ3) is 7.57. The molecule has 1 aliphatic heterocycles. The number of hydrogen-bond acceptors (Lipinski definition) is 4. The quantitative estimate of drug-likeness (QED) is 0.630. The first-order chi connectivity index (χ1) is 10.0. The van der Waals surface area contributed by atoms with Gasteiger partial charge in [-0.2, -0.15) is 11.8 Å². The van der Waals surface area contributed by atoms with Crippen LogP contribution in [0.15, 0.2) is 0 Å². The van der Waals surface area contributed by atoms with Crippen LogP contribution >= 0.6 is 11.8 Å². The number of nitrogens with one attached hydrogen (secondary N) is 2. The smallest absolute Gasteiger partial charge is 0.326 e. The van der Waals surface area contributed by atoms with Gasteiger partial charge in [0.1, 0.15) is 6.04 Å². The van der Waals surface area contributed by atoms with Gasteiger partial charge in [0, 0.05) is 12.6 Å². The van der Waals surface area contributed by atoms with E-state index in [1.807, 2.05) is 13.2 Å². The number of carbonyl (C=O) groups is 2. The molecule has 1 rings (SSSR count). The van der Waals surface area contributed by atoms with Crippen molar-refractivity contribution in [1.29, 1.82) is 0 Å². The van der Waals surface area contributed by atoms with Crippen LogP contribution in [0.4, 0.5) is 4.79 Å². The normalized spacial score (nSPS) is 18.8. The summed E-state index contributed by atoms with van der Waals surface area (Å²) in [5.41, 5.74) is 0. The maximum Gasteiger partial charge on any atom is 0.326 e. The minimum Gasteiger partial charge on any atom is -0.480 e. The Labute approximate surface area is 131 Å². The maximum atomic E-state index is 11.9. The number of piperidine rings is 1. The lowest BCUT2D eigenvalue weighted by molar-refractivity contribution is -0.139. The highest BCUT2D eigenvalue weighted by Crippen LogP contribution is 2.08. The molecule has 0 radical (unpaired) electrons. The standard InChI is InChI=1S/C14H27N3O3S/c1-11(10-17-7-4-3-5-8-17)15-14(20)16-12(13(18)19)6-9-21-2/h11-12H,3-10H2,1-2H3,(H,18,19)(H2,15,16,20)/t11?,12-/m1/s1. The second-order valence-corrected chi connectivity index (χ2v) is 6.54. The zero-order valence-electron chi connectivity index (χ0n) is 12.9. The van der Waals surface area contributed by atoms with Crippen molar-refractivity contribution in [3.05, 3.63) is 0 Å². The Bertz CT molecular complexity index is 335. The monoisotopic (exact) mass is 317 g/mol. The third-order valence-electron chi connectivity index (χ3n) is 3.57. The Morgan fingerprint density at radius 1 is 1.24 bits per heavy atom. The lowest BCUT2D eigenvalue weighted by atomic mass is 10.1. The molecule has 1 heterocycles. The van der Waals surface area contributed by atoms with Gasteiger partial charge in [-0.05, 0) is 51.3 Å². The highest BCUT2D eigenvalue weighted by atomic mass is 32.2. The van der Waals surface area contributed by atoms with E-state index in [1.54, 1.807) is 11.8 Å². The molecular formula is C14H27N3O3S. The van der Waals surface area contributed by atoms with Crippen LogP contribution in [0.2, 0.25) is 0 Å². The van der Waals surface area contributed by atoms with Crippen LogP contribution < -0.4 is 10.6 Å². The van der Waals surface area contributed by atoms with E-state index < -0.39 is 18.0 Å². The summed E-state index contributed by atoms with van der Waals surface area (Å²) in [5, 5.41) is 14.4. The van der Waals surface area contributed by atoms with Gasteiger partial charge in [-0.1, -0.05) is 6.42 Å². The summed E-state index contributed by atoms with van der Waals surface area (Å²) in [6.45, 7) is 4.93. The summed E-state index contributed by atoms with van der Waals surface area (Å²) in [6, 6.07) is -1.20. The number of carbonyl (C=O) groups excluding carboxylic acids is 1. The molecule has 1 fully saturated rings. The number of likely N-dealkylation sites (tertiary alicyclic amines) is 1. The fourth-order valence-corrected chi connectivity index (χ4v) is 2.96. The molecule has 3 N–H and O–H groups in total. The number of aliphatic carboxylic acids is 1. The van der Waals surface area contributed by atoms with Crippen LogP contribution in [0.5, 0.6) is 0 Å². The zero-order chi connectivity index (χ0) is 15.7. The van der Waals surface area contributed by atoms with Gasteiger partial charge in [0.2, 0.25) is 0 Å². The average molecular weight is 317 g/mol. The van der Waals surface area contributed by atoms with E-state index in [-0.39, 0.29) is 6.04 Å². The van der Waals surface area contributed by atoms with Gasteiger partial charge < -0.3 is 20.6 Å². The molecular weight excluding hydrogens is 290 g/mol. The fourth-order valence-electron chi connectivity index (χ4n) is 2.49. The van der Waals surface area contributed by atoms with Crippen molar-refractivity contribution in [2.45, 2.75) is 44.7 Å². The molecule has 0 aliphatic carbocycles. The highest BCUT2D eigenvalue weighted by Gasteiger charge is 2.21. The van der Waals surface area contributed by atoms with E-state index in [1.165, 1.54) is 19.3 Å².